The van der Waals surface area contributed by atoms with Crippen molar-refractivity contribution in [1.29, 1.82) is 0 Å². The molecule has 1 saturated carbocycles. The van der Waals surface area contributed by atoms with Crippen LogP contribution in [0.5, 0.6) is 0 Å². The highest BCUT2D eigenvalue weighted by atomic mass is 35.5. The fourth-order valence-electron chi connectivity index (χ4n) is 2.49. The lowest BCUT2D eigenvalue weighted by atomic mass is 9.79. The van der Waals surface area contributed by atoms with Crippen molar-refractivity contribution in [2.75, 3.05) is 18.4 Å². The summed E-state index contributed by atoms with van der Waals surface area (Å²) in [6.07, 6.45) is 8.35. The van der Waals surface area contributed by atoms with Crippen molar-refractivity contribution in [2.24, 2.45) is 17.6 Å². The zero-order valence-corrected chi connectivity index (χ0v) is 10.7. The van der Waals surface area contributed by atoms with Crippen LogP contribution in [-0.2, 0) is 0 Å². The van der Waals surface area contributed by atoms with Gasteiger partial charge in [0.1, 0.15) is 0 Å². The maximum Gasteiger partial charge on any atom is 0.222 e. The summed E-state index contributed by atoms with van der Waals surface area (Å²) in [4.78, 5) is 8.26. The van der Waals surface area contributed by atoms with Gasteiger partial charge in [0.25, 0.3) is 0 Å². The fourth-order valence-corrected chi connectivity index (χ4v) is 2.59. The summed E-state index contributed by atoms with van der Waals surface area (Å²) in [6.45, 7) is 1.69. The van der Waals surface area contributed by atoms with E-state index in [-0.39, 0.29) is 0 Å². The lowest BCUT2D eigenvalue weighted by molar-refractivity contribution is 0.255. The minimum absolute atomic E-state index is 0.563. The first-order chi connectivity index (χ1) is 8.29. The summed E-state index contributed by atoms with van der Waals surface area (Å²) in [6, 6.07) is 0. The number of aromatic nitrogens is 2. The van der Waals surface area contributed by atoms with Gasteiger partial charge in [0.15, 0.2) is 0 Å². The van der Waals surface area contributed by atoms with E-state index in [9.17, 15) is 0 Å². The highest BCUT2D eigenvalue weighted by molar-refractivity contribution is 6.30. The molecule has 2 rings (SSSR count). The Hall–Kier alpha value is -0.870. The Morgan fingerprint density at radius 2 is 1.88 bits per heavy atom. The van der Waals surface area contributed by atoms with E-state index in [4.69, 9.17) is 17.3 Å². The average molecular weight is 255 g/mol. The Labute approximate surface area is 107 Å². The zero-order valence-electron chi connectivity index (χ0n) is 9.90. The molecule has 1 aromatic rings. The zero-order chi connectivity index (χ0) is 12.1. The minimum atomic E-state index is 0.563. The molecule has 0 amide bonds. The Bertz CT molecular complexity index is 341. The van der Waals surface area contributed by atoms with Crippen LogP contribution < -0.4 is 11.1 Å². The number of halogens is 1. The van der Waals surface area contributed by atoms with E-state index in [2.05, 4.69) is 15.3 Å². The van der Waals surface area contributed by atoms with Crippen LogP contribution in [0.15, 0.2) is 12.4 Å². The van der Waals surface area contributed by atoms with Crippen LogP contribution in [-0.4, -0.2) is 23.1 Å². The van der Waals surface area contributed by atoms with Crippen molar-refractivity contribution >= 4 is 17.5 Å². The number of nitrogens with two attached hydrogens (primary N) is 1. The van der Waals surface area contributed by atoms with E-state index in [0.29, 0.717) is 22.8 Å². The van der Waals surface area contributed by atoms with Gasteiger partial charge in [-0.2, -0.15) is 0 Å². The van der Waals surface area contributed by atoms with Crippen molar-refractivity contribution in [3.63, 3.8) is 0 Å². The van der Waals surface area contributed by atoms with Crippen LogP contribution in [0.3, 0.4) is 0 Å². The maximum absolute atomic E-state index is 5.81. The SMILES string of the molecule is NCC1CCCCC1CNc1ncc(Cl)cn1. The molecule has 4 nitrogen and oxygen atoms in total. The summed E-state index contributed by atoms with van der Waals surface area (Å²) in [5.41, 5.74) is 5.81. The Kier molecular flexibility index (Phi) is 4.57. The predicted octanol–water partition coefficient (Wildman–Crippen LogP) is 2.31. The average Bonchev–Trinajstić information content (AvgIpc) is 2.38. The van der Waals surface area contributed by atoms with Crippen LogP contribution in [0.1, 0.15) is 25.7 Å². The van der Waals surface area contributed by atoms with Crippen molar-refractivity contribution in [3.8, 4) is 0 Å². The normalized spacial score (nSPS) is 24.6. The molecule has 5 heteroatoms. The van der Waals surface area contributed by atoms with E-state index < -0.39 is 0 Å². The summed E-state index contributed by atoms with van der Waals surface area (Å²) in [5.74, 6) is 1.94. The van der Waals surface area contributed by atoms with Crippen LogP contribution in [0.25, 0.3) is 0 Å². The largest absolute Gasteiger partial charge is 0.354 e. The van der Waals surface area contributed by atoms with Gasteiger partial charge in [0.05, 0.1) is 17.4 Å². The molecule has 94 valence electrons. The first kappa shape index (κ1) is 12.6. The molecule has 0 spiro atoms. The molecule has 0 aliphatic heterocycles. The van der Waals surface area contributed by atoms with Crippen molar-refractivity contribution in [3.05, 3.63) is 17.4 Å². The van der Waals surface area contributed by atoms with Gasteiger partial charge in [-0.25, -0.2) is 9.97 Å². The van der Waals surface area contributed by atoms with E-state index in [1.807, 2.05) is 0 Å². The van der Waals surface area contributed by atoms with Crippen LogP contribution in [0, 0.1) is 11.8 Å². The third-order valence-electron chi connectivity index (χ3n) is 3.51. The van der Waals surface area contributed by atoms with Crippen molar-refractivity contribution < 1.29 is 0 Å². The summed E-state index contributed by atoms with van der Waals surface area (Å²) in [7, 11) is 0. The molecule has 2 atom stereocenters. The lowest BCUT2D eigenvalue weighted by Crippen LogP contribution is -2.31. The standard InChI is InChI=1S/C12H19ClN4/c13-11-7-16-12(17-8-11)15-6-10-4-2-1-3-9(10)5-14/h7-10H,1-6,14H2,(H,15,16,17). The Balaban J connectivity index is 1.86. The number of hydrogen-bond acceptors (Lipinski definition) is 4. The molecule has 17 heavy (non-hydrogen) atoms. The third-order valence-corrected chi connectivity index (χ3v) is 3.71. The summed E-state index contributed by atoms with van der Waals surface area (Å²) < 4.78 is 0. The number of rotatable bonds is 4. The topological polar surface area (TPSA) is 63.8 Å². The highest BCUT2D eigenvalue weighted by Crippen LogP contribution is 2.29. The molecular formula is C12H19ClN4. The van der Waals surface area contributed by atoms with E-state index in [0.717, 1.165) is 13.1 Å². The van der Waals surface area contributed by atoms with Gasteiger partial charge in [-0.3, -0.25) is 0 Å². The summed E-state index contributed by atoms with van der Waals surface area (Å²) in [5, 5.41) is 3.83. The van der Waals surface area contributed by atoms with Gasteiger partial charge in [0, 0.05) is 6.54 Å². The molecule has 3 N–H and O–H groups in total. The van der Waals surface area contributed by atoms with Gasteiger partial charge in [-0.1, -0.05) is 24.4 Å². The molecule has 1 fully saturated rings. The van der Waals surface area contributed by atoms with Gasteiger partial charge < -0.3 is 11.1 Å². The second kappa shape index (κ2) is 6.17. The predicted molar refractivity (Wildman–Crippen MR) is 70.0 cm³/mol. The number of hydrogen-bond donors (Lipinski definition) is 2. The van der Waals surface area contributed by atoms with Gasteiger partial charge >= 0.3 is 0 Å². The van der Waals surface area contributed by atoms with Gasteiger partial charge in [-0.05, 0) is 31.2 Å². The molecular weight excluding hydrogens is 236 g/mol. The van der Waals surface area contributed by atoms with Gasteiger partial charge in [-0.15, -0.1) is 0 Å². The molecule has 0 radical (unpaired) electrons. The quantitative estimate of drug-likeness (QED) is 0.866. The van der Waals surface area contributed by atoms with E-state index >= 15 is 0 Å². The Morgan fingerprint density at radius 3 is 2.53 bits per heavy atom. The number of nitrogens with zero attached hydrogens (tertiary/aromatic N) is 2. The maximum atomic E-state index is 5.81. The second-order valence-electron chi connectivity index (χ2n) is 4.65. The highest BCUT2D eigenvalue weighted by Gasteiger charge is 2.23. The van der Waals surface area contributed by atoms with Crippen molar-refractivity contribution in [1.82, 2.24) is 9.97 Å². The fraction of sp³-hybridized carbons (Fsp3) is 0.667. The molecule has 1 aliphatic carbocycles. The molecule has 0 bridgehead atoms. The minimum Gasteiger partial charge on any atom is -0.354 e. The summed E-state index contributed by atoms with van der Waals surface area (Å²) >= 11 is 5.74. The second-order valence-corrected chi connectivity index (χ2v) is 5.08. The van der Waals surface area contributed by atoms with Crippen LogP contribution >= 0.6 is 11.6 Å². The smallest absolute Gasteiger partial charge is 0.222 e. The number of anilines is 1. The first-order valence-electron chi connectivity index (χ1n) is 6.21. The number of nitrogens with one attached hydrogen (secondary N) is 1. The molecule has 0 saturated heterocycles. The van der Waals surface area contributed by atoms with Gasteiger partial charge in [0.2, 0.25) is 5.95 Å². The monoisotopic (exact) mass is 254 g/mol. The molecule has 2 unspecified atom stereocenters. The first-order valence-corrected chi connectivity index (χ1v) is 6.59. The van der Waals surface area contributed by atoms with E-state index in [1.54, 1.807) is 12.4 Å². The third kappa shape index (κ3) is 3.54. The van der Waals surface area contributed by atoms with Crippen LogP contribution in [0.2, 0.25) is 5.02 Å². The molecule has 1 aromatic heterocycles. The lowest BCUT2D eigenvalue weighted by Gasteiger charge is -2.30. The molecule has 1 heterocycles. The van der Waals surface area contributed by atoms with E-state index in [1.165, 1.54) is 25.7 Å². The van der Waals surface area contributed by atoms with Crippen LogP contribution in [0.4, 0.5) is 5.95 Å². The van der Waals surface area contributed by atoms with Crippen molar-refractivity contribution in [2.45, 2.75) is 25.7 Å². The molecule has 0 aromatic carbocycles. The molecule has 1 aliphatic rings. The Morgan fingerprint density at radius 1 is 1.24 bits per heavy atom.